The molecule has 0 unspecified atom stereocenters. The van der Waals surface area contributed by atoms with E-state index in [0.717, 1.165) is 36.1 Å². The summed E-state index contributed by atoms with van der Waals surface area (Å²) in [6.07, 6.45) is 6.51. The third-order valence-electron chi connectivity index (χ3n) is 5.89. The van der Waals surface area contributed by atoms with Crippen molar-refractivity contribution in [1.82, 2.24) is 0 Å². The molecule has 1 aliphatic carbocycles. The maximum atomic E-state index is 12.3. The molecule has 1 aromatic rings. The van der Waals surface area contributed by atoms with Gasteiger partial charge in [-0.2, -0.15) is 0 Å². The molecule has 2 aliphatic rings. The fraction of sp³-hybridized carbons (Fsp3) is 0.478. The van der Waals surface area contributed by atoms with Gasteiger partial charge in [0.05, 0.1) is 6.61 Å². The van der Waals surface area contributed by atoms with Crippen LogP contribution in [0.3, 0.4) is 0 Å². The summed E-state index contributed by atoms with van der Waals surface area (Å²) < 4.78 is 11.9. The highest BCUT2D eigenvalue weighted by Gasteiger charge is 2.45. The predicted molar refractivity (Wildman–Crippen MR) is 114 cm³/mol. The molecule has 0 aromatic heterocycles. The molecule has 1 heterocycles. The van der Waals surface area contributed by atoms with Crippen molar-refractivity contribution in [1.29, 1.82) is 0 Å². The molecule has 3 rings (SSSR count). The standard InChI is InChI=1S/C23H27NO8/c1-14-6-7-17-16(11-14)22-18(31-21(27)9-8-20(25)26)12-15(5-4-10-30-24(28)29)13-19(22)32-23(17,2)3/h8-9,11-13,16-17H,4-7,10H2,1-3H3,(H,25,26)/b9-8+/t16-,17-/m1/s1. The number of rotatable bonds is 8. The second kappa shape index (κ2) is 9.42. The van der Waals surface area contributed by atoms with Crippen LogP contribution in [0.4, 0.5) is 0 Å². The molecule has 0 bridgehead atoms. The van der Waals surface area contributed by atoms with E-state index in [4.69, 9.17) is 14.6 Å². The summed E-state index contributed by atoms with van der Waals surface area (Å²) in [6.45, 7) is 6.10. The highest BCUT2D eigenvalue weighted by Crippen LogP contribution is 2.53. The molecule has 9 heteroatoms. The average Bonchev–Trinajstić information content (AvgIpc) is 2.68. The van der Waals surface area contributed by atoms with E-state index in [1.807, 2.05) is 19.9 Å². The SMILES string of the molecule is CC1=C[C@H]2c3c(OC(=O)/C=C/C(=O)O)cc(CCCO[N+](=O)[O-])cc3OC(C)(C)[C@@H]2CC1. The van der Waals surface area contributed by atoms with Crippen LogP contribution in [0.15, 0.2) is 35.9 Å². The Morgan fingerprint density at radius 3 is 2.78 bits per heavy atom. The van der Waals surface area contributed by atoms with E-state index in [1.165, 1.54) is 5.57 Å². The first-order chi connectivity index (χ1) is 15.1. The molecular weight excluding hydrogens is 418 g/mol. The van der Waals surface area contributed by atoms with Crippen LogP contribution >= 0.6 is 0 Å². The molecule has 9 nitrogen and oxygen atoms in total. The lowest BCUT2D eigenvalue weighted by Crippen LogP contribution is -2.45. The minimum atomic E-state index is -1.25. The molecule has 0 fully saturated rings. The van der Waals surface area contributed by atoms with Gasteiger partial charge in [0.2, 0.25) is 0 Å². The number of nitrogens with zero attached hydrogens (tertiary/aromatic N) is 1. The number of aryl methyl sites for hydroxylation is 1. The topological polar surface area (TPSA) is 125 Å². The molecular formula is C23H27NO8. The number of carboxylic acids is 1. The average molecular weight is 445 g/mol. The van der Waals surface area contributed by atoms with Crippen molar-refractivity contribution in [3.05, 3.63) is 57.2 Å². The Labute approximate surface area is 185 Å². The third-order valence-corrected chi connectivity index (χ3v) is 5.89. The number of carbonyl (C=O) groups is 2. The van der Waals surface area contributed by atoms with Crippen molar-refractivity contribution < 1.29 is 34.1 Å². The fourth-order valence-corrected chi connectivity index (χ4v) is 4.49. The molecule has 0 saturated heterocycles. The first kappa shape index (κ1) is 23.3. The zero-order valence-corrected chi connectivity index (χ0v) is 18.3. The van der Waals surface area contributed by atoms with Crippen LogP contribution in [0.5, 0.6) is 11.5 Å². The Morgan fingerprint density at radius 2 is 2.09 bits per heavy atom. The fourth-order valence-electron chi connectivity index (χ4n) is 4.49. The molecule has 1 aliphatic heterocycles. The van der Waals surface area contributed by atoms with Gasteiger partial charge >= 0.3 is 11.9 Å². The van der Waals surface area contributed by atoms with Crippen LogP contribution in [0.1, 0.15) is 57.1 Å². The maximum Gasteiger partial charge on any atom is 0.336 e. The summed E-state index contributed by atoms with van der Waals surface area (Å²) in [6, 6.07) is 3.59. The van der Waals surface area contributed by atoms with E-state index in [1.54, 1.807) is 6.07 Å². The van der Waals surface area contributed by atoms with Crippen molar-refractivity contribution in [3.8, 4) is 11.5 Å². The lowest BCUT2D eigenvalue weighted by Gasteiger charge is -2.46. The minimum absolute atomic E-state index is 0.0133. The number of carboxylic acid groups (broad SMARTS) is 1. The second-order valence-corrected chi connectivity index (χ2v) is 8.65. The van der Waals surface area contributed by atoms with Crippen molar-refractivity contribution in [2.75, 3.05) is 6.61 Å². The summed E-state index contributed by atoms with van der Waals surface area (Å²) >= 11 is 0. The molecule has 1 aromatic carbocycles. The summed E-state index contributed by atoms with van der Waals surface area (Å²) in [5.74, 6) is -0.976. The van der Waals surface area contributed by atoms with Crippen molar-refractivity contribution in [2.45, 2.75) is 58.0 Å². The van der Waals surface area contributed by atoms with E-state index in [0.29, 0.717) is 24.3 Å². The van der Waals surface area contributed by atoms with Gasteiger partial charge in [0, 0.05) is 29.6 Å². The Bertz CT molecular complexity index is 978. The number of fused-ring (bicyclic) bond motifs is 3. The molecule has 0 saturated carbocycles. The van der Waals surface area contributed by atoms with E-state index < -0.39 is 22.6 Å². The van der Waals surface area contributed by atoms with Crippen molar-refractivity contribution in [3.63, 3.8) is 0 Å². The zero-order chi connectivity index (χ0) is 23.5. The smallest absolute Gasteiger partial charge is 0.336 e. The van der Waals surface area contributed by atoms with E-state index in [9.17, 15) is 19.7 Å². The molecule has 1 N–H and O–H groups in total. The summed E-state index contributed by atoms with van der Waals surface area (Å²) in [5.41, 5.74) is 2.34. The lowest BCUT2D eigenvalue weighted by atomic mass is 9.68. The van der Waals surface area contributed by atoms with Gasteiger partial charge in [-0.3, -0.25) is 0 Å². The Balaban J connectivity index is 1.99. The largest absolute Gasteiger partial charge is 0.487 e. The van der Waals surface area contributed by atoms with Crippen LogP contribution < -0.4 is 9.47 Å². The Hall–Kier alpha value is -3.36. The first-order valence-electron chi connectivity index (χ1n) is 10.5. The van der Waals surface area contributed by atoms with Gasteiger partial charge in [-0.25, -0.2) is 9.59 Å². The van der Waals surface area contributed by atoms with Gasteiger partial charge in [0.25, 0.3) is 5.09 Å². The van der Waals surface area contributed by atoms with Crippen molar-refractivity contribution in [2.24, 2.45) is 5.92 Å². The normalized spacial score (nSPS) is 21.0. The summed E-state index contributed by atoms with van der Waals surface area (Å²) in [5, 5.41) is 18.3. The number of hydrogen-bond acceptors (Lipinski definition) is 7. The molecule has 0 amide bonds. The number of esters is 1. The quantitative estimate of drug-likeness (QED) is 0.121. The van der Waals surface area contributed by atoms with Crippen LogP contribution in [0, 0.1) is 16.0 Å². The van der Waals surface area contributed by atoms with Gasteiger partial charge in [-0.15, -0.1) is 10.1 Å². The van der Waals surface area contributed by atoms with Gasteiger partial charge < -0.3 is 19.4 Å². The van der Waals surface area contributed by atoms with Crippen molar-refractivity contribution >= 4 is 11.9 Å². The highest BCUT2D eigenvalue weighted by atomic mass is 16.9. The molecule has 32 heavy (non-hydrogen) atoms. The molecule has 172 valence electrons. The zero-order valence-electron chi connectivity index (χ0n) is 18.3. The molecule has 0 spiro atoms. The van der Waals surface area contributed by atoms with Crippen LogP contribution in [0.25, 0.3) is 0 Å². The number of carbonyl (C=O) groups excluding carboxylic acids is 1. The van der Waals surface area contributed by atoms with E-state index in [-0.39, 0.29) is 18.4 Å². The lowest BCUT2D eigenvalue weighted by molar-refractivity contribution is -0.757. The number of ether oxygens (including phenoxy) is 2. The van der Waals surface area contributed by atoms with Crippen LogP contribution in [-0.4, -0.2) is 34.3 Å². The minimum Gasteiger partial charge on any atom is -0.487 e. The Kier molecular flexibility index (Phi) is 6.86. The summed E-state index contributed by atoms with van der Waals surface area (Å²) in [4.78, 5) is 37.8. The van der Waals surface area contributed by atoms with Gasteiger partial charge in [-0.1, -0.05) is 11.6 Å². The highest BCUT2D eigenvalue weighted by molar-refractivity contribution is 5.92. The first-order valence-corrected chi connectivity index (χ1v) is 10.5. The maximum absolute atomic E-state index is 12.3. The third kappa shape index (κ3) is 5.46. The second-order valence-electron chi connectivity index (χ2n) is 8.65. The molecule has 2 atom stereocenters. The number of aliphatic carboxylic acids is 1. The van der Waals surface area contributed by atoms with Crippen LogP contribution in [0.2, 0.25) is 0 Å². The summed E-state index contributed by atoms with van der Waals surface area (Å²) in [7, 11) is 0. The number of allylic oxidation sites excluding steroid dienone is 2. The van der Waals surface area contributed by atoms with Crippen LogP contribution in [-0.2, 0) is 20.8 Å². The Morgan fingerprint density at radius 1 is 1.34 bits per heavy atom. The number of hydrogen-bond donors (Lipinski definition) is 1. The van der Waals surface area contributed by atoms with Gasteiger partial charge in [0.1, 0.15) is 17.1 Å². The van der Waals surface area contributed by atoms with E-state index in [2.05, 4.69) is 17.8 Å². The molecule has 0 radical (unpaired) electrons. The predicted octanol–water partition coefficient (Wildman–Crippen LogP) is 3.98. The number of benzene rings is 1. The van der Waals surface area contributed by atoms with Gasteiger partial charge in [-0.05, 0) is 64.2 Å². The van der Waals surface area contributed by atoms with E-state index >= 15 is 0 Å². The monoisotopic (exact) mass is 445 g/mol. The van der Waals surface area contributed by atoms with Gasteiger partial charge in [0.15, 0.2) is 0 Å².